The summed E-state index contributed by atoms with van der Waals surface area (Å²) in [5.41, 5.74) is 0.226. The second-order valence-electron chi connectivity index (χ2n) is 7.56. The van der Waals surface area contributed by atoms with Gasteiger partial charge in [0, 0.05) is 24.6 Å². The first-order chi connectivity index (χ1) is 9.31. The number of fused-ring (bicyclic) bond motifs is 1. The maximum Gasteiger partial charge on any atom is 0.0499 e. The molecule has 0 amide bonds. The van der Waals surface area contributed by atoms with E-state index in [4.69, 9.17) is 0 Å². The lowest BCUT2D eigenvalue weighted by atomic mass is 9.69. The summed E-state index contributed by atoms with van der Waals surface area (Å²) >= 11 is 0. The van der Waals surface area contributed by atoms with E-state index in [0.717, 1.165) is 24.4 Å². The Bertz CT molecular complexity index is 285. The lowest BCUT2D eigenvalue weighted by Crippen LogP contribution is -2.44. The van der Waals surface area contributed by atoms with Crippen LogP contribution in [0.2, 0.25) is 0 Å². The quantitative estimate of drug-likeness (QED) is 0.815. The molecule has 0 aliphatic heterocycles. The third kappa shape index (κ3) is 3.16. The first-order valence-electron chi connectivity index (χ1n) is 8.66. The van der Waals surface area contributed by atoms with Crippen molar-refractivity contribution in [3.8, 4) is 0 Å². The van der Waals surface area contributed by atoms with E-state index in [1.54, 1.807) is 0 Å². The van der Waals surface area contributed by atoms with Crippen LogP contribution in [0.1, 0.15) is 70.6 Å². The van der Waals surface area contributed by atoms with Crippen LogP contribution in [0.5, 0.6) is 0 Å². The van der Waals surface area contributed by atoms with Gasteiger partial charge in [-0.3, -0.25) is 0 Å². The second kappa shape index (κ2) is 6.13. The summed E-state index contributed by atoms with van der Waals surface area (Å²) < 4.78 is 0. The van der Waals surface area contributed by atoms with E-state index >= 15 is 0 Å². The highest BCUT2D eigenvalue weighted by molar-refractivity contribution is 4.90. The molecule has 0 spiro atoms. The standard InChI is InChI=1S/C17H31NO/c19-13-17(9-3-4-10-17)12-18-16-8-7-14-5-1-2-6-15(14)11-16/h14-16,18-19H,1-13H2. The maximum atomic E-state index is 9.69. The van der Waals surface area contributed by atoms with Crippen molar-refractivity contribution in [2.75, 3.05) is 13.2 Å². The maximum absolute atomic E-state index is 9.69. The predicted octanol–water partition coefficient (Wildman–Crippen LogP) is 3.49. The summed E-state index contributed by atoms with van der Waals surface area (Å²) in [7, 11) is 0. The largest absolute Gasteiger partial charge is 0.396 e. The summed E-state index contributed by atoms with van der Waals surface area (Å²) in [5.74, 6) is 2.05. The number of aliphatic hydroxyl groups excluding tert-OH is 1. The Balaban J connectivity index is 1.48. The van der Waals surface area contributed by atoms with Crippen LogP contribution in [-0.4, -0.2) is 24.3 Å². The van der Waals surface area contributed by atoms with Gasteiger partial charge < -0.3 is 10.4 Å². The van der Waals surface area contributed by atoms with Gasteiger partial charge in [0.1, 0.15) is 0 Å². The predicted molar refractivity (Wildman–Crippen MR) is 79.1 cm³/mol. The third-order valence-corrected chi connectivity index (χ3v) is 6.31. The number of hydrogen-bond acceptors (Lipinski definition) is 2. The molecule has 2 nitrogen and oxygen atoms in total. The molecule has 2 heteroatoms. The molecule has 3 aliphatic carbocycles. The Morgan fingerprint density at radius 3 is 2.37 bits per heavy atom. The van der Waals surface area contributed by atoms with Gasteiger partial charge in [-0.05, 0) is 43.9 Å². The number of nitrogens with one attached hydrogen (secondary N) is 1. The van der Waals surface area contributed by atoms with Gasteiger partial charge in [0.05, 0.1) is 0 Å². The monoisotopic (exact) mass is 265 g/mol. The van der Waals surface area contributed by atoms with Crippen LogP contribution in [-0.2, 0) is 0 Å². The highest BCUT2D eigenvalue weighted by atomic mass is 16.3. The molecule has 3 unspecified atom stereocenters. The van der Waals surface area contributed by atoms with Crippen LogP contribution in [0.25, 0.3) is 0 Å². The topological polar surface area (TPSA) is 32.3 Å². The van der Waals surface area contributed by atoms with Crippen molar-refractivity contribution in [2.45, 2.75) is 76.7 Å². The number of hydrogen-bond donors (Lipinski definition) is 2. The van der Waals surface area contributed by atoms with Gasteiger partial charge in [-0.25, -0.2) is 0 Å². The van der Waals surface area contributed by atoms with Gasteiger partial charge in [0.25, 0.3) is 0 Å². The molecule has 3 saturated carbocycles. The zero-order valence-corrected chi connectivity index (χ0v) is 12.4. The van der Waals surface area contributed by atoms with Gasteiger partial charge in [-0.1, -0.05) is 38.5 Å². The van der Waals surface area contributed by atoms with Gasteiger partial charge in [-0.2, -0.15) is 0 Å². The number of aliphatic hydroxyl groups is 1. The van der Waals surface area contributed by atoms with E-state index in [-0.39, 0.29) is 5.41 Å². The highest BCUT2D eigenvalue weighted by Gasteiger charge is 2.36. The van der Waals surface area contributed by atoms with E-state index in [2.05, 4.69) is 5.32 Å². The zero-order valence-electron chi connectivity index (χ0n) is 12.4. The molecular formula is C17H31NO. The highest BCUT2D eigenvalue weighted by Crippen LogP contribution is 2.41. The summed E-state index contributed by atoms with van der Waals surface area (Å²) in [5, 5.41) is 13.5. The molecule has 110 valence electrons. The van der Waals surface area contributed by atoms with Gasteiger partial charge in [0.15, 0.2) is 0 Å². The van der Waals surface area contributed by atoms with Gasteiger partial charge >= 0.3 is 0 Å². The summed E-state index contributed by atoms with van der Waals surface area (Å²) in [6.07, 6.45) is 15.3. The molecule has 0 aromatic heterocycles. The lowest BCUT2D eigenvalue weighted by Gasteiger charge is -2.40. The Hall–Kier alpha value is -0.0800. The first-order valence-corrected chi connectivity index (χ1v) is 8.66. The van der Waals surface area contributed by atoms with Gasteiger partial charge in [0.2, 0.25) is 0 Å². The van der Waals surface area contributed by atoms with E-state index < -0.39 is 0 Å². The molecular weight excluding hydrogens is 234 g/mol. The van der Waals surface area contributed by atoms with Crippen LogP contribution in [0.3, 0.4) is 0 Å². The zero-order chi connectivity index (χ0) is 13.1. The van der Waals surface area contributed by atoms with E-state index in [1.165, 1.54) is 70.6 Å². The van der Waals surface area contributed by atoms with Crippen molar-refractivity contribution in [3.63, 3.8) is 0 Å². The van der Waals surface area contributed by atoms with Crippen LogP contribution in [0, 0.1) is 17.3 Å². The fourth-order valence-corrected chi connectivity index (χ4v) is 4.94. The Kier molecular flexibility index (Phi) is 4.48. The van der Waals surface area contributed by atoms with Crippen LogP contribution >= 0.6 is 0 Å². The summed E-state index contributed by atoms with van der Waals surface area (Å²) in [6, 6.07) is 0.739. The fraction of sp³-hybridized carbons (Fsp3) is 1.00. The Morgan fingerprint density at radius 2 is 1.63 bits per heavy atom. The molecule has 0 aromatic carbocycles. The molecule has 3 atom stereocenters. The smallest absolute Gasteiger partial charge is 0.0499 e. The second-order valence-corrected chi connectivity index (χ2v) is 7.56. The SMILES string of the molecule is OCC1(CNC2CCC3CCCCC3C2)CCCC1. The van der Waals surface area contributed by atoms with Gasteiger partial charge in [-0.15, -0.1) is 0 Å². The summed E-state index contributed by atoms with van der Waals surface area (Å²) in [6.45, 7) is 1.45. The fourth-order valence-electron chi connectivity index (χ4n) is 4.94. The van der Waals surface area contributed by atoms with E-state index in [1.807, 2.05) is 0 Å². The average molecular weight is 265 g/mol. The van der Waals surface area contributed by atoms with Crippen LogP contribution < -0.4 is 5.32 Å². The Labute approximate surface area is 118 Å². The normalized spacial score (nSPS) is 38.1. The molecule has 0 aromatic rings. The minimum absolute atomic E-state index is 0.226. The van der Waals surface area contributed by atoms with Crippen molar-refractivity contribution in [3.05, 3.63) is 0 Å². The van der Waals surface area contributed by atoms with Crippen molar-refractivity contribution in [1.82, 2.24) is 5.32 Å². The average Bonchev–Trinajstić information content (AvgIpc) is 2.94. The Morgan fingerprint density at radius 1 is 0.895 bits per heavy atom. The molecule has 0 bridgehead atoms. The molecule has 19 heavy (non-hydrogen) atoms. The summed E-state index contributed by atoms with van der Waals surface area (Å²) in [4.78, 5) is 0. The molecule has 0 radical (unpaired) electrons. The van der Waals surface area contributed by atoms with E-state index in [9.17, 15) is 5.11 Å². The minimum atomic E-state index is 0.226. The van der Waals surface area contributed by atoms with E-state index in [0.29, 0.717) is 6.61 Å². The van der Waals surface area contributed by atoms with Crippen molar-refractivity contribution in [2.24, 2.45) is 17.3 Å². The molecule has 3 fully saturated rings. The molecule has 0 heterocycles. The minimum Gasteiger partial charge on any atom is -0.396 e. The molecule has 3 aliphatic rings. The molecule has 2 N–H and O–H groups in total. The lowest BCUT2D eigenvalue weighted by molar-refractivity contribution is 0.105. The first kappa shape index (κ1) is 13.9. The van der Waals surface area contributed by atoms with Crippen molar-refractivity contribution >= 4 is 0 Å². The van der Waals surface area contributed by atoms with Crippen LogP contribution in [0.15, 0.2) is 0 Å². The molecule has 0 saturated heterocycles. The van der Waals surface area contributed by atoms with Crippen LogP contribution in [0.4, 0.5) is 0 Å². The van der Waals surface area contributed by atoms with Crippen molar-refractivity contribution < 1.29 is 5.11 Å². The third-order valence-electron chi connectivity index (χ3n) is 6.31. The molecule has 3 rings (SSSR count). The van der Waals surface area contributed by atoms with Crippen molar-refractivity contribution in [1.29, 1.82) is 0 Å². The number of rotatable bonds is 4.